The summed E-state index contributed by atoms with van der Waals surface area (Å²) in [5, 5.41) is 2.27. The van der Waals surface area contributed by atoms with Gasteiger partial charge in [-0.05, 0) is 160 Å². The molecule has 66 heavy (non-hydrogen) atoms. The Bertz CT molecular complexity index is 3530. The van der Waals surface area contributed by atoms with Gasteiger partial charge in [-0.3, -0.25) is 0 Å². The molecule has 0 amide bonds. The van der Waals surface area contributed by atoms with Gasteiger partial charge in [-0.1, -0.05) is 121 Å². The van der Waals surface area contributed by atoms with Crippen LogP contribution in [-0.2, 0) is 0 Å². The first-order chi connectivity index (χ1) is 32.6. The maximum Gasteiger partial charge on any atom is 0.123 e. The third-order valence-electron chi connectivity index (χ3n) is 13.1. The van der Waals surface area contributed by atoms with Crippen molar-refractivity contribution >= 4 is 61.6 Å². The molecule has 10 aromatic carbocycles. The molecule has 1 aromatic heterocycles. The second-order valence-electron chi connectivity index (χ2n) is 16.9. The first-order valence-electron chi connectivity index (χ1n) is 22.3. The molecule has 0 bridgehead atoms. The normalized spacial score (nSPS) is 12.8. The zero-order chi connectivity index (χ0) is 44.1. The van der Waals surface area contributed by atoms with E-state index in [0.717, 1.165) is 78.4 Å². The van der Waals surface area contributed by atoms with E-state index < -0.39 is 0 Å². The molecule has 314 valence electrons. The number of para-hydroxylation sites is 3. The minimum absolute atomic E-state index is 0.146. The van der Waals surface area contributed by atoms with Crippen LogP contribution in [0.15, 0.2) is 243 Å². The highest BCUT2D eigenvalue weighted by molar-refractivity contribution is 6.10. The fourth-order valence-electron chi connectivity index (χ4n) is 10.0. The van der Waals surface area contributed by atoms with Gasteiger partial charge in [-0.2, -0.15) is 0 Å². The van der Waals surface area contributed by atoms with E-state index in [1.165, 1.54) is 39.9 Å². The number of benzene rings is 10. The average Bonchev–Trinajstić information content (AvgIpc) is 3.88. The van der Waals surface area contributed by atoms with Gasteiger partial charge in [0.2, 0.25) is 0 Å². The Kier molecular flexibility index (Phi) is 9.53. The van der Waals surface area contributed by atoms with Crippen molar-refractivity contribution in [2.45, 2.75) is 5.92 Å². The average molecular weight is 851 g/mol. The summed E-state index contributed by atoms with van der Waals surface area (Å²) in [5.74, 6) is -0.104. The lowest BCUT2D eigenvalue weighted by molar-refractivity contribution is 0.627. The fraction of sp³-hybridized carbons (Fsp3) is 0.0164. The van der Waals surface area contributed by atoms with Crippen LogP contribution < -0.4 is 15.5 Å². The van der Waals surface area contributed by atoms with Crippen LogP contribution in [0.1, 0.15) is 22.6 Å². The smallest absolute Gasteiger partial charge is 0.123 e. The number of nitrogen functional groups attached to an aromatic ring is 1. The lowest BCUT2D eigenvalue weighted by atomic mass is 9.89. The van der Waals surface area contributed by atoms with E-state index in [4.69, 9.17) is 5.73 Å². The molecule has 1 unspecified atom stereocenters. The molecule has 0 spiro atoms. The van der Waals surface area contributed by atoms with Gasteiger partial charge in [0.1, 0.15) is 5.82 Å². The third kappa shape index (κ3) is 6.77. The highest BCUT2D eigenvalue weighted by Crippen LogP contribution is 2.50. The van der Waals surface area contributed by atoms with Crippen LogP contribution in [0.5, 0.6) is 0 Å². The van der Waals surface area contributed by atoms with Crippen molar-refractivity contribution < 1.29 is 4.39 Å². The quantitative estimate of drug-likeness (QED) is 0.147. The van der Waals surface area contributed by atoms with Crippen molar-refractivity contribution in [3.05, 3.63) is 265 Å². The Morgan fingerprint density at radius 2 is 0.879 bits per heavy atom. The highest BCUT2D eigenvalue weighted by Gasteiger charge is 2.31. The van der Waals surface area contributed by atoms with Gasteiger partial charge in [0, 0.05) is 62.2 Å². The molecule has 2 N–H and O–H groups in total. The van der Waals surface area contributed by atoms with Gasteiger partial charge in [0.05, 0.1) is 11.0 Å². The van der Waals surface area contributed by atoms with E-state index in [0.29, 0.717) is 0 Å². The molecule has 0 saturated carbocycles. The van der Waals surface area contributed by atoms with Crippen LogP contribution in [0, 0.1) is 5.82 Å². The summed E-state index contributed by atoms with van der Waals surface area (Å²) in [6.45, 7) is 0. The van der Waals surface area contributed by atoms with Crippen molar-refractivity contribution in [1.29, 1.82) is 0 Å². The van der Waals surface area contributed by atoms with E-state index in [9.17, 15) is 4.39 Å². The molecular formula is C61H43FN4. The molecule has 1 aliphatic rings. The molecule has 0 radical (unpaired) electrons. The van der Waals surface area contributed by atoms with Crippen molar-refractivity contribution in [2.75, 3.05) is 15.5 Å². The number of anilines is 7. The molecule has 1 aliphatic carbocycles. The zero-order valence-electron chi connectivity index (χ0n) is 36.0. The number of rotatable bonds is 9. The van der Waals surface area contributed by atoms with Crippen LogP contribution in [0.3, 0.4) is 0 Å². The Labute approximate surface area is 383 Å². The summed E-state index contributed by atoms with van der Waals surface area (Å²) in [4.78, 5) is 4.65. The molecule has 11 aromatic rings. The standard InChI is InChI=1S/C61H43FN4/c62-44-25-33-50(34-26-44)66-59-18-10-9-16-54(59)58-40-52(36-38-60(58)66)65(47-13-5-2-6-14-47)49-31-23-42(24-32-49)41-21-29-48(30-22-41)64(46-11-3-1-4-12-46)51-35-37-56-57(39-51)53-15-7-8-17-55(53)61(56)43-19-27-45(63)28-20-43/h1-40,61H,63H2. The zero-order valence-corrected chi connectivity index (χ0v) is 36.0. The summed E-state index contributed by atoms with van der Waals surface area (Å²) in [6.07, 6.45) is 0. The highest BCUT2D eigenvalue weighted by atomic mass is 19.1. The summed E-state index contributed by atoms with van der Waals surface area (Å²) < 4.78 is 16.2. The maximum absolute atomic E-state index is 14.0. The largest absolute Gasteiger partial charge is 0.399 e. The van der Waals surface area contributed by atoms with E-state index in [2.05, 4.69) is 221 Å². The van der Waals surface area contributed by atoms with Gasteiger partial charge in [0.15, 0.2) is 0 Å². The van der Waals surface area contributed by atoms with Gasteiger partial charge in [-0.15, -0.1) is 0 Å². The van der Waals surface area contributed by atoms with Gasteiger partial charge in [-0.25, -0.2) is 4.39 Å². The van der Waals surface area contributed by atoms with Crippen molar-refractivity contribution in [3.8, 4) is 27.9 Å². The summed E-state index contributed by atoms with van der Waals surface area (Å²) in [7, 11) is 0. The summed E-state index contributed by atoms with van der Waals surface area (Å²) in [5.41, 5.74) is 25.0. The number of nitrogens with two attached hydrogens (primary N) is 1. The lowest BCUT2D eigenvalue weighted by Gasteiger charge is -2.27. The van der Waals surface area contributed by atoms with Crippen LogP contribution in [-0.4, -0.2) is 4.57 Å². The van der Waals surface area contributed by atoms with Crippen LogP contribution >= 0.6 is 0 Å². The summed E-state index contributed by atoms with van der Waals surface area (Å²) in [6, 6.07) is 84.6. The second kappa shape index (κ2) is 16.2. The first kappa shape index (κ1) is 39.0. The Hall–Kier alpha value is -8.67. The third-order valence-corrected chi connectivity index (χ3v) is 13.1. The van der Waals surface area contributed by atoms with Crippen molar-refractivity contribution in [3.63, 3.8) is 0 Å². The number of nitrogens with zero attached hydrogens (tertiary/aromatic N) is 3. The predicted molar refractivity (Wildman–Crippen MR) is 273 cm³/mol. The molecule has 1 heterocycles. The second-order valence-corrected chi connectivity index (χ2v) is 16.9. The Morgan fingerprint density at radius 1 is 0.379 bits per heavy atom. The minimum atomic E-state index is -0.249. The van der Waals surface area contributed by atoms with Gasteiger partial charge in [0.25, 0.3) is 0 Å². The molecule has 0 fully saturated rings. The van der Waals surface area contributed by atoms with Gasteiger partial charge < -0.3 is 20.1 Å². The molecule has 1 atom stereocenters. The number of aromatic nitrogens is 1. The maximum atomic E-state index is 14.0. The Morgan fingerprint density at radius 3 is 1.53 bits per heavy atom. The minimum Gasteiger partial charge on any atom is -0.399 e. The topological polar surface area (TPSA) is 37.4 Å². The molecule has 0 saturated heterocycles. The number of halogens is 1. The molecule has 4 nitrogen and oxygen atoms in total. The number of hydrogen-bond donors (Lipinski definition) is 1. The molecule has 12 rings (SSSR count). The molecular weight excluding hydrogens is 808 g/mol. The van der Waals surface area contributed by atoms with Gasteiger partial charge >= 0.3 is 0 Å². The first-order valence-corrected chi connectivity index (χ1v) is 22.3. The fourth-order valence-corrected chi connectivity index (χ4v) is 10.0. The number of fused-ring (bicyclic) bond motifs is 6. The summed E-state index contributed by atoms with van der Waals surface area (Å²) >= 11 is 0. The van der Waals surface area contributed by atoms with E-state index in [1.54, 1.807) is 0 Å². The van der Waals surface area contributed by atoms with Crippen molar-refractivity contribution in [2.24, 2.45) is 0 Å². The van der Waals surface area contributed by atoms with E-state index >= 15 is 0 Å². The predicted octanol–water partition coefficient (Wildman–Crippen LogP) is 16.3. The van der Waals surface area contributed by atoms with E-state index in [-0.39, 0.29) is 11.7 Å². The monoisotopic (exact) mass is 850 g/mol. The van der Waals surface area contributed by atoms with Crippen LogP contribution in [0.2, 0.25) is 0 Å². The van der Waals surface area contributed by atoms with Crippen LogP contribution in [0.4, 0.5) is 44.2 Å². The molecule has 0 aliphatic heterocycles. The number of hydrogen-bond acceptors (Lipinski definition) is 3. The van der Waals surface area contributed by atoms with E-state index in [1.807, 2.05) is 24.3 Å². The SMILES string of the molecule is Nc1ccc(C2c3ccccc3-c3cc(N(c4ccccc4)c4ccc(-c5ccc(N(c6ccccc6)c6ccc7c(c6)c6ccccc6n7-c6ccc(F)cc6)cc5)cc4)ccc32)cc1. The van der Waals surface area contributed by atoms with Crippen molar-refractivity contribution in [1.82, 2.24) is 4.57 Å². The Balaban J connectivity index is 0.886. The molecule has 5 heteroatoms. The lowest BCUT2D eigenvalue weighted by Crippen LogP contribution is -2.10. The van der Waals surface area contributed by atoms with Crippen LogP contribution in [0.25, 0.3) is 49.7 Å².